The molecule has 0 amide bonds. The number of rotatable bonds is 0. The van der Waals surface area contributed by atoms with E-state index in [0.29, 0.717) is 12.8 Å². The number of hydrogen-bond donors (Lipinski definition) is 0. The average molecular weight is 152 g/mol. The number of hydrogen-bond acceptors (Lipinski definition) is 1. The van der Waals surface area contributed by atoms with Crippen LogP contribution >= 0.6 is 0 Å². The summed E-state index contributed by atoms with van der Waals surface area (Å²) in [6.45, 7) is 0. The zero-order valence-electron chi connectivity index (χ0n) is 5.24. The van der Waals surface area contributed by atoms with Crippen LogP contribution < -0.4 is 0 Å². The molecule has 0 radical (unpaired) electrons. The SMILES string of the molecule is FC(F)(F)C12CCCC1O2. The Morgan fingerprint density at radius 1 is 1.40 bits per heavy atom. The molecule has 2 atom stereocenters. The van der Waals surface area contributed by atoms with Crippen LogP contribution in [0.3, 0.4) is 0 Å². The third-order valence-electron chi connectivity index (χ3n) is 2.31. The van der Waals surface area contributed by atoms with Gasteiger partial charge in [0.1, 0.15) is 0 Å². The summed E-state index contributed by atoms with van der Waals surface area (Å²) >= 11 is 0. The van der Waals surface area contributed by atoms with Crippen LogP contribution in [0.1, 0.15) is 19.3 Å². The molecular formula is C6H7F3O. The van der Waals surface area contributed by atoms with E-state index >= 15 is 0 Å². The van der Waals surface area contributed by atoms with E-state index in [1.807, 2.05) is 0 Å². The zero-order chi connectivity index (χ0) is 7.41. The Morgan fingerprint density at radius 2 is 2.10 bits per heavy atom. The second-order valence-electron chi connectivity index (χ2n) is 2.89. The van der Waals surface area contributed by atoms with Gasteiger partial charge in [0.15, 0.2) is 5.60 Å². The highest BCUT2D eigenvalue weighted by Crippen LogP contribution is 2.58. The van der Waals surface area contributed by atoms with Crippen LogP contribution in [0.4, 0.5) is 13.2 Å². The first kappa shape index (κ1) is 6.46. The lowest BCUT2D eigenvalue weighted by atomic mass is 10.1. The Hall–Kier alpha value is -0.250. The van der Waals surface area contributed by atoms with E-state index in [1.165, 1.54) is 0 Å². The molecule has 1 nitrogen and oxygen atoms in total. The number of epoxide rings is 1. The van der Waals surface area contributed by atoms with Crippen molar-refractivity contribution >= 4 is 0 Å². The first-order valence-corrected chi connectivity index (χ1v) is 3.31. The van der Waals surface area contributed by atoms with Gasteiger partial charge in [0, 0.05) is 0 Å². The minimum absolute atomic E-state index is 0.168. The monoisotopic (exact) mass is 152 g/mol. The fourth-order valence-electron chi connectivity index (χ4n) is 1.67. The van der Waals surface area contributed by atoms with Crippen molar-refractivity contribution < 1.29 is 17.9 Å². The third-order valence-corrected chi connectivity index (χ3v) is 2.31. The van der Waals surface area contributed by atoms with Gasteiger partial charge in [0.25, 0.3) is 0 Å². The molecule has 1 saturated carbocycles. The van der Waals surface area contributed by atoms with E-state index in [4.69, 9.17) is 0 Å². The number of alkyl halides is 3. The smallest absolute Gasteiger partial charge is 0.356 e. The van der Waals surface area contributed by atoms with Crippen molar-refractivity contribution in [3.63, 3.8) is 0 Å². The van der Waals surface area contributed by atoms with Gasteiger partial charge in [-0.1, -0.05) is 0 Å². The molecule has 1 aliphatic carbocycles. The maximum atomic E-state index is 12.1. The van der Waals surface area contributed by atoms with Crippen molar-refractivity contribution in [1.29, 1.82) is 0 Å². The van der Waals surface area contributed by atoms with E-state index in [9.17, 15) is 13.2 Å². The van der Waals surface area contributed by atoms with E-state index in [1.54, 1.807) is 0 Å². The molecule has 2 aliphatic rings. The van der Waals surface area contributed by atoms with Crippen LogP contribution in [0, 0.1) is 0 Å². The molecule has 0 N–H and O–H groups in total. The van der Waals surface area contributed by atoms with Crippen LogP contribution in [0.25, 0.3) is 0 Å². The molecule has 4 heteroatoms. The molecule has 0 aromatic carbocycles. The molecule has 2 unspecified atom stereocenters. The third kappa shape index (κ3) is 0.576. The maximum Gasteiger partial charge on any atom is 0.420 e. The Balaban J connectivity index is 2.18. The summed E-state index contributed by atoms with van der Waals surface area (Å²) in [6, 6.07) is 0. The molecule has 2 fully saturated rings. The number of ether oxygens (including phenoxy) is 1. The normalized spacial score (nSPS) is 45.3. The average Bonchev–Trinajstić information content (AvgIpc) is 2.36. The van der Waals surface area contributed by atoms with Gasteiger partial charge in [-0.15, -0.1) is 0 Å². The second kappa shape index (κ2) is 1.49. The Morgan fingerprint density at radius 3 is 2.30 bits per heavy atom. The van der Waals surface area contributed by atoms with Crippen LogP contribution in [0.15, 0.2) is 0 Å². The maximum absolute atomic E-state index is 12.1. The molecule has 1 saturated heterocycles. The summed E-state index contributed by atoms with van der Waals surface area (Å²) in [5, 5.41) is 0. The van der Waals surface area contributed by atoms with Gasteiger partial charge in [-0.25, -0.2) is 0 Å². The summed E-state index contributed by atoms with van der Waals surface area (Å²) in [7, 11) is 0. The Labute approximate surface area is 56.2 Å². The molecular weight excluding hydrogens is 145 g/mol. The molecule has 2 rings (SSSR count). The quantitative estimate of drug-likeness (QED) is 0.483. The highest BCUT2D eigenvalue weighted by Gasteiger charge is 2.74. The standard InChI is InChI=1S/C6H7F3O/c7-6(8,9)5-3-1-2-4(5)10-5/h4H,1-3H2. The van der Waals surface area contributed by atoms with Crippen LogP contribution in [-0.2, 0) is 4.74 Å². The van der Waals surface area contributed by atoms with Crippen molar-refractivity contribution in [1.82, 2.24) is 0 Å². The van der Waals surface area contributed by atoms with Crippen molar-refractivity contribution in [2.75, 3.05) is 0 Å². The lowest BCUT2D eigenvalue weighted by Crippen LogP contribution is -2.32. The molecule has 58 valence electrons. The highest BCUT2D eigenvalue weighted by molar-refractivity contribution is 5.12. The van der Waals surface area contributed by atoms with E-state index in [0.717, 1.165) is 0 Å². The number of fused-ring (bicyclic) bond motifs is 1. The van der Waals surface area contributed by atoms with Crippen LogP contribution in [0.5, 0.6) is 0 Å². The molecule has 0 spiro atoms. The topological polar surface area (TPSA) is 12.5 Å². The minimum atomic E-state index is -4.13. The van der Waals surface area contributed by atoms with Gasteiger partial charge in [-0.2, -0.15) is 13.2 Å². The van der Waals surface area contributed by atoms with Gasteiger partial charge in [0.2, 0.25) is 0 Å². The van der Waals surface area contributed by atoms with Crippen molar-refractivity contribution in [2.24, 2.45) is 0 Å². The fraction of sp³-hybridized carbons (Fsp3) is 1.00. The zero-order valence-corrected chi connectivity index (χ0v) is 5.24. The molecule has 10 heavy (non-hydrogen) atoms. The van der Waals surface area contributed by atoms with Crippen molar-refractivity contribution in [3.05, 3.63) is 0 Å². The lowest BCUT2D eigenvalue weighted by Gasteiger charge is -2.11. The van der Waals surface area contributed by atoms with E-state index < -0.39 is 17.9 Å². The molecule has 1 heterocycles. The summed E-state index contributed by atoms with van der Waals surface area (Å²) in [5.41, 5.74) is -1.70. The van der Waals surface area contributed by atoms with Crippen LogP contribution in [0.2, 0.25) is 0 Å². The Kier molecular flexibility index (Phi) is 0.966. The summed E-state index contributed by atoms with van der Waals surface area (Å²) in [5.74, 6) is 0. The van der Waals surface area contributed by atoms with Gasteiger partial charge in [0.05, 0.1) is 6.10 Å². The van der Waals surface area contributed by atoms with Gasteiger partial charge < -0.3 is 4.74 Å². The summed E-state index contributed by atoms with van der Waals surface area (Å²) in [4.78, 5) is 0. The van der Waals surface area contributed by atoms with E-state index in [2.05, 4.69) is 4.74 Å². The number of halogens is 3. The van der Waals surface area contributed by atoms with Gasteiger partial charge in [-0.3, -0.25) is 0 Å². The summed E-state index contributed by atoms with van der Waals surface area (Å²) < 4.78 is 40.8. The highest BCUT2D eigenvalue weighted by atomic mass is 19.4. The first-order chi connectivity index (χ1) is 4.56. The van der Waals surface area contributed by atoms with Crippen molar-refractivity contribution in [3.8, 4) is 0 Å². The molecule has 1 aliphatic heterocycles. The predicted octanol–water partition coefficient (Wildman–Crippen LogP) is 1.87. The second-order valence-corrected chi connectivity index (χ2v) is 2.89. The van der Waals surface area contributed by atoms with Gasteiger partial charge >= 0.3 is 6.18 Å². The Bertz CT molecular complexity index is 165. The molecule has 0 bridgehead atoms. The van der Waals surface area contributed by atoms with Gasteiger partial charge in [-0.05, 0) is 19.3 Å². The van der Waals surface area contributed by atoms with Crippen molar-refractivity contribution in [2.45, 2.75) is 37.1 Å². The summed E-state index contributed by atoms with van der Waals surface area (Å²) in [6.07, 6.45) is -3.23. The fourth-order valence-corrected chi connectivity index (χ4v) is 1.67. The largest absolute Gasteiger partial charge is 0.420 e. The predicted molar refractivity (Wildman–Crippen MR) is 27.5 cm³/mol. The lowest BCUT2D eigenvalue weighted by molar-refractivity contribution is -0.184. The first-order valence-electron chi connectivity index (χ1n) is 3.31. The van der Waals surface area contributed by atoms with Crippen LogP contribution in [-0.4, -0.2) is 17.9 Å². The minimum Gasteiger partial charge on any atom is -0.356 e. The molecule has 0 aromatic heterocycles. The molecule has 0 aromatic rings. The van der Waals surface area contributed by atoms with E-state index in [-0.39, 0.29) is 6.42 Å².